The van der Waals surface area contributed by atoms with E-state index in [0.29, 0.717) is 5.92 Å². The molecule has 0 fully saturated rings. The fourth-order valence-electron chi connectivity index (χ4n) is 2.62. The summed E-state index contributed by atoms with van der Waals surface area (Å²) < 4.78 is 4.53. The maximum absolute atomic E-state index is 4.64. The Morgan fingerprint density at radius 2 is 2.16 bits per heavy atom. The highest BCUT2D eigenvalue weighted by atomic mass is 32.1. The maximum Gasteiger partial charge on any atom is 0.202 e. The zero-order valence-electron chi connectivity index (χ0n) is 11.2. The fraction of sp³-hybridized carbons (Fsp3) is 0.467. The third kappa shape index (κ3) is 2.78. The van der Waals surface area contributed by atoms with Gasteiger partial charge in [-0.2, -0.15) is 4.37 Å². The van der Waals surface area contributed by atoms with Crippen molar-refractivity contribution in [2.75, 3.05) is 11.9 Å². The third-order valence-electron chi connectivity index (χ3n) is 3.68. The molecule has 0 saturated heterocycles. The molecule has 4 heteroatoms. The Labute approximate surface area is 118 Å². The summed E-state index contributed by atoms with van der Waals surface area (Å²) in [6.07, 6.45) is 4.52. The molecule has 1 unspecified atom stereocenters. The molecule has 1 aromatic carbocycles. The van der Waals surface area contributed by atoms with Gasteiger partial charge in [-0.3, -0.25) is 0 Å². The van der Waals surface area contributed by atoms with Crippen LogP contribution in [0.2, 0.25) is 0 Å². The van der Waals surface area contributed by atoms with E-state index in [1.165, 1.54) is 29.1 Å². The summed E-state index contributed by atoms with van der Waals surface area (Å²) in [5, 5.41) is 4.29. The number of anilines is 1. The van der Waals surface area contributed by atoms with Crippen molar-refractivity contribution in [2.45, 2.75) is 38.5 Å². The van der Waals surface area contributed by atoms with E-state index in [1.807, 2.05) is 0 Å². The van der Waals surface area contributed by atoms with Crippen molar-refractivity contribution in [1.82, 2.24) is 9.36 Å². The molecule has 19 heavy (non-hydrogen) atoms. The highest BCUT2D eigenvalue weighted by Crippen LogP contribution is 2.32. The lowest BCUT2D eigenvalue weighted by atomic mass is 9.83. The number of fused-ring (bicyclic) bond motifs is 1. The lowest BCUT2D eigenvalue weighted by Gasteiger charge is -2.22. The molecular weight excluding hydrogens is 254 g/mol. The lowest BCUT2D eigenvalue weighted by Crippen LogP contribution is -2.13. The molecular formula is C15H19N3S. The zero-order valence-corrected chi connectivity index (χ0v) is 12.0. The number of nitrogens with zero attached hydrogens (tertiary/aromatic N) is 2. The fourth-order valence-corrected chi connectivity index (χ4v) is 3.29. The van der Waals surface area contributed by atoms with Gasteiger partial charge in [-0.15, -0.1) is 0 Å². The highest BCUT2D eigenvalue weighted by molar-refractivity contribution is 7.09. The Morgan fingerprint density at radius 1 is 1.32 bits per heavy atom. The average Bonchev–Trinajstić information content (AvgIpc) is 2.93. The Kier molecular flexibility index (Phi) is 3.78. The minimum atomic E-state index is 0.489. The summed E-state index contributed by atoms with van der Waals surface area (Å²) in [4.78, 5) is 4.64. The second-order valence-electron chi connectivity index (χ2n) is 5.09. The first-order valence-electron chi connectivity index (χ1n) is 7.01. The van der Waals surface area contributed by atoms with Crippen molar-refractivity contribution in [2.24, 2.45) is 0 Å². The Bertz CT molecular complexity index is 550. The first-order chi connectivity index (χ1) is 9.36. The predicted molar refractivity (Wildman–Crippen MR) is 79.9 cm³/mol. The molecule has 0 spiro atoms. The van der Waals surface area contributed by atoms with E-state index in [-0.39, 0.29) is 0 Å². The van der Waals surface area contributed by atoms with Crippen molar-refractivity contribution >= 4 is 16.7 Å². The second kappa shape index (κ2) is 5.70. The van der Waals surface area contributed by atoms with Gasteiger partial charge in [-0.25, -0.2) is 4.98 Å². The van der Waals surface area contributed by atoms with Crippen LogP contribution in [0.25, 0.3) is 0 Å². The summed E-state index contributed by atoms with van der Waals surface area (Å²) in [5.74, 6) is 1.52. The van der Waals surface area contributed by atoms with Gasteiger partial charge in [-0.05, 0) is 36.8 Å². The normalized spacial score (nSPS) is 18.1. The minimum Gasteiger partial charge on any atom is -0.360 e. The molecule has 0 saturated carbocycles. The molecule has 1 atom stereocenters. The van der Waals surface area contributed by atoms with Crippen LogP contribution in [0.1, 0.15) is 42.6 Å². The van der Waals surface area contributed by atoms with Crippen LogP contribution in [0.5, 0.6) is 0 Å². The standard InChI is InChI=1S/C15H19N3S/c1-2-9-16-15-17-14(18-19-15)13-8-7-11-5-3-4-6-12(11)10-13/h3-6,13H,2,7-10H2,1H3,(H,16,17,18). The van der Waals surface area contributed by atoms with Crippen molar-refractivity contribution in [3.05, 3.63) is 41.2 Å². The topological polar surface area (TPSA) is 37.8 Å². The molecule has 0 radical (unpaired) electrons. The van der Waals surface area contributed by atoms with E-state index in [2.05, 4.69) is 45.9 Å². The van der Waals surface area contributed by atoms with Crippen LogP contribution in [0.15, 0.2) is 24.3 Å². The van der Waals surface area contributed by atoms with Gasteiger partial charge >= 0.3 is 0 Å². The van der Waals surface area contributed by atoms with Crippen LogP contribution in [0.3, 0.4) is 0 Å². The first-order valence-corrected chi connectivity index (χ1v) is 7.78. The number of hydrogen-bond acceptors (Lipinski definition) is 4. The van der Waals surface area contributed by atoms with Crippen molar-refractivity contribution < 1.29 is 0 Å². The molecule has 3 rings (SSSR count). The number of hydrogen-bond donors (Lipinski definition) is 1. The first kappa shape index (κ1) is 12.6. The summed E-state index contributed by atoms with van der Waals surface area (Å²) in [5.41, 5.74) is 2.97. The summed E-state index contributed by atoms with van der Waals surface area (Å²) in [6, 6.07) is 8.75. The molecule has 0 bridgehead atoms. The number of aryl methyl sites for hydroxylation is 1. The number of nitrogens with one attached hydrogen (secondary N) is 1. The van der Waals surface area contributed by atoms with Gasteiger partial charge in [0.15, 0.2) is 0 Å². The van der Waals surface area contributed by atoms with Crippen LogP contribution in [-0.4, -0.2) is 15.9 Å². The predicted octanol–water partition coefficient (Wildman–Crippen LogP) is 3.63. The minimum absolute atomic E-state index is 0.489. The highest BCUT2D eigenvalue weighted by Gasteiger charge is 2.23. The molecule has 100 valence electrons. The molecule has 2 aromatic rings. The molecule has 0 aliphatic heterocycles. The smallest absolute Gasteiger partial charge is 0.202 e. The number of rotatable bonds is 4. The number of aromatic nitrogens is 2. The van der Waals surface area contributed by atoms with Gasteiger partial charge in [0.2, 0.25) is 5.13 Å². The van der Waals surface area contributed by atoms with Gasteiger partial charge in [0.1, 0.15) is 5.82 Å². The molecule has 1 aliphatic carbocycles. The summed E-state index contributed by atoms with van der Waals surface area (Å²) in [7, 11) is 0. The monoisotopic (exact) mass is 273 g/mol. The van der Waals surface area contributed by atoms with Crippen LogP contribution in [0, 0.1) is 0 Å². The maximum atomic E-state index is 4.64. The van der Waals surface area contributed by atoms with E-state index in [1.54, 1.807) is 0 Å². The van der Waals surface area contributed by atoms with Crippen LogP contribution < -0.4 is 5.32 Å². The van der Waals surface area contributed by atoms with E-state index < -0.39 is 0 Å². The van der Waals surface area contributed by atoms with Gasteiger partial charge in [0, 0.05) is 24.0 Å². The third-order valence-corrected chi connectivity index (χ3v) is 4.37. The molecule has 3 nitrogen and oxygen atoms in total. The van der Waals surface area contributed by atoms with Gasteiger partial charge < -0.3 is 5.32 Å². The quantitative estimate of drug-likeness (QED) is 0.924. The molecule has 1 aromatic heterocycles. The largest absolute Gasteiger partial charge is 0.360 e. The summed E-state index contributed by atoms with van der Waals surface area (Å²) >= 11 is 1.49. The molecule has 0 amide bonds. The molecule has 1 heterocycles. The van der Waals surface area contributed by atoms with Crippen LogP contribution in [-0.2, 0) is 12.8 Å². The Hall–Kier alpha value is -1.42. The van der Waals surface area contributed by atoms with Crippen molar-refractivity contribution in [3.63, 3.8) is 0 Å². The van der Waals surface area contributed by atoms with E-state index >= 15 is 0 Å². The Balaban J connectivity index is 1.72. The Morgan fingerprint density at radius 3 is 3.00 bits per heavy atom. The van der Waals surface area contributed by atoms with Gasteiger partial charge in [0.05, 0.1) is 0 Å². The second-order valence-corrected chi connectivity index (χ2v) is 5.84. The summed E-state index contributed by atoms with van der Waals surface area (Å²) in [6.45, 7) is 3.13. The van der Waals surface area contributed by atoms with Crippen LogP contribution in [0.4, 0.5) is 5.13 Å². The van der Waals surface area contributed by atoms with Gasteiger partial charge in [0.25, 0.3) is 0 Å². The SMILES string of the molecule is CCCNc1nc(C2CCc3ccccc3C2)ns1. The van der Waals surface area contributed by atoms with Crippen LogP contribution >= 0.6 is 11.5 Å². The number of benzene rings is 1. The van der Waals surface area contributed by atoms with E-state index in [9.17, 15) is 0 Å². The zero-order chi connectivity index (χ0) is 13.1. The van der Waals surface area contributed by atoms with Crippen molar-refractivity contribution in [3.8, 4) is 0 Å². The van der Waals surface area contributed by atoms with E-state index in [0.717, 1.165) is 36.8 Å². The van der Waals surface area contributed by atoms with Crippen molar-refractivity contribution in [1.29, 1.82) is 0 Å². The average molecular weight is 273 g/mol. The van der Waals surface area contributed by atoms with E-state index in [4.69, 9.17) is 0 Å². The van der Waals surface area contributed by atoms with Gasteiger partial charge in [-0.1, -0.05) is 31.2 Å². The molecule has 1 N–H and O–H groups in total. The lowest BCUT2D eigenvalue weighted by molar-refractivity contribution is 0.562. The molecule has 1 aliphatic rings.